The minimum atomic E-state index is -0.415. The van der Waals surface area contributed by atoms with E-state index in [2.05, 4.69) is 16.6 Å². The smallest absolute Gasteiger partial charge is 0.214 e. The number of hydrogen-bond donors (Lipinski definition) is 1. The third kappa shape index (κ3) is 3.11. The Kier molecular flexibility index (Phi) is 4.04. The third-order valence-electron chi connectivity index (χ3n) is 3.06. The first kappa shape index (κ1) is 11.7. The zero-order valence-electron chi connectivity index (χ0n) is 9.45. The van der Waals surface area contributed by atoms with Crippen molar-refractivity contribution in [1.29, 1.82) is 0 Å². The Balaban J connectivity index is 1.94. The number of anilines is 1. The van der Waals surface area contributed by atoms with Crippen LogP contribution in [0.3, 0.4) is 0 Å². The van der Waals surface area contributed by atoms with Gasteiger partial charge in [0.2, 0.25) is 5.95 Å². The molecule has 1 N–H and O–H groups in total. The van der Waals surface area contributed by atoms with Gasteiger partial charge < -0.3 is 5.32 Å². The summed E-state index contributed by atoms with van der Waals surface area (Å²) in [7, 11) is 0. The molecule has 0 radical (unpaired) electrons. The van der Waals surface area contributed by atoms with Crippen LogP contribution in [0.2, 0.25) is 0 Å². The van der Waals surface area contributed by atoms with Crippen LogP contribution in [0, 0.1) is 5.95 Å². The Bertz CT molecular complexity index is 346. The minimum absolute atomic E-state index is 0.415. The highest BCUT2D eigenvalue weighted by atomic mass is 32.2. The van der Waals surface area contributed by atoms with Gasteiger partial charge in [-0.2, -0.15) is 16.2 Å². The lowest BCUT2D eigenvalue weighted by atomic mass is 9.95. The molecule has 2 nitrogen and oxygen atoms in total. The molecule has 2 atom stereocenters. The molecule has 1 aromatic rings. The molecule has 1 saturated carbocycles. The summed E-state index contributed by atoms with van der Waals surface area (Å²) in [4.78, 5) is 3.55. The van der Waals surface area contributed by atoms with Crippen molar-refractivity contribution < 1.29 is 4.39 Å². The van der Waals surface area contributed by atoms with E-state index in [0.29, 0.717) is 6.04 Å². The maximum Gasteiger partial charge on any atom is 0.214 e. The molecule has 0 spiro atoms. The first-order chi connectivity index (χ1) is 7.78. The Morgan fingerprint density at radius 3 is 3.12 bits per heavy atom. The predicted molar refractivity (Wildman–Crippen MR) is 67.4 cm³/mol. The molecule has 16 heavy (non-hydrogen) atoms. The van der Waals surface area contributed by atoms with Crippen molar-refractivity contribution in [3.05, 3.63) is 24.3 Å². The van der Waals surface area contributed by atoms with Gasteiger partial charge >= 0.3 is 0 Å². The van der Waals surface area contributed by atoms with Crippen LogP contribution < -0.4 is 5.32 Å². The molecular formula is C12H17FN2S. The monoisotopic (exact) mass is 240 g/mol. The molecule has 1 aliphatic rings. The third-order valence-corrected chi connectivity index (χ3v) is 4.15. The molecule has 4 heteroatoms. The van der Waals surface area contributed by atoms with Crippen molar-refractivity contribution in [3.8, 4) is 0 Å². The molecule has 2 rings (SSSR count). The molecule has 0 amide bonds. The van der Waals surface area contributed by atoms with E-state index in [1.807, 2.05) is 17.8 Å². The molecule has 0 aliphatic heterocycles. The van der Waals surface area contributed by atoms with Crippen molar-refractivity contribution in [1.82, 2.24) is 4.98 Å². The summed E-state index contributed by atoms with van der Waals surface area (Å²) >= 11 is 1.94. The van der Waals surface area contributed by atoms with Gasteiger partial charge in [-0.25, -0.2) is 4.98 Å². The number of rotatable bonds is 3. The van der Waals surface area contributed by atoms with Gasteiger partial charge in [-0.3, -0.25) is 0 Å². The number of halogens is 1. The first-order valence-corrected chi connectivity index (χ1v) is 6.97. The zero-order chi connectivity index (χ0) is 11.4. The molecule has 1 fully saturated rings. The fourth-order valence-corrected chi connectivity index (χ4v) is 3.05. The molecule has 0 bridgehead atoms. The number of nitrogens with zero attached hydrogens (tertiary/aromatic N) is 1. The topological polar surface area (TPSA) is 24.9 Å². The van der Waals surface area contributed by atoms with Gasteiger partial charge in [-0.15, -0.1) is 0 Å². The average Bonchev–Trinajstić information content (AvgIpc) is 2.29. The van der Waals surface area contributed by atoms with E-state index in [1.54, 1.807) is 0 Å². The minimum Gasteiger partial charge on any atom is -0.382 e. The van der Waals surface area contributed by atoms with E-state index in [4.69, 9.17) is 0 Å². The van der Waals surface area contributed by atoms with Crippen LogP contribution in [0.5, 0.6) is 0 Å². The average molecular weight is 240 g/mol. The summed E-state index contributed by atoms with van der Waals surface area (Å²) in [5.41, 5.74) is 0.847. The summed E-state index contributed by atoms with van der Waals surface area (Å²) < 4.78 is 12.9. The second-order valence-corrected chi connectivity index (χ2v) is 5.37. The van der Waals surface area contributed by atoms with Gasteiger partial charge in [0.1, 0.15) is 0 Å². The van der Waals surface area contributed by atoms with Crippen LogP contribution in [-0.4, -0.2) is 22.5 Å². The van der Waals surface area contributed by atoms with Crippen molar-refractivity contribution in [3.63, 3.8) is 0 Å². The number of thioether (sulfide) groups is 1. The normalized spacial score (nSPS) is 25.4. The second kappa shape index (κ2) is 5.53. The standard InChI is InChI=1S/C12H17FN2S/c1-16-11-4-2-3-9(7-11)15-10-5-6-14-12(13)8-10/h5-6,8-9,11H,2-4,7H2,1H3,(H,14,15). The Labute approximate surface area is 100 Å². The molecule has 0 saturated heterocycles. The lowest BCUT2D eigenvalue weighted by Gasteiger charge is -2.29. The Hall–Kier alpha value is -0.770. The number of hydrogen-bond acceptors (Lipinski definition) is 3. The van der Waals surface area contributed by atoms with Crippen molar-refractivity contribution in [2.75, 3.05) is 11.6 Å². The van der Waals surface area contributed by atoms with E-state index in [1.165, 1.54) is 37.9 Å². The van der Waals surface area contributed by atoms with E-state index >= 15 is 0 Å². The maximum absolute atomic E-state index is 12.9. The Morgan fingerprint density at radius 2 is 2.38 bits per heavy atom. The highest BCUT2D eigenvalue weighted by Gasteiger charge is 2.20. The van der Waals surface area contributed by atoms with Crippen LogP contribution in [0.1, 0.15) is 25.7 Å². The van der Waals surface area contributed by atoms with Crippen molar-refractivity contribution in [2.24, 2.45) is 0 Å². The number of aromatic nitrogens is 1. The maximum atomic E-state index is 12.9. The van der Waals surface area contributed by atoms with Crippen molar-refractivity contribution in [2.45, 2.75) is 37.0 Å². The molecule has 0 aromatic carbocycles. The lowest BCUT2D eigenvalue weighted by molar-refractivity contribution is 0.473. The number of nitrogens with one attached hydrogen (secondary N) is 1. The SMILES string of the molecule is CSC1CCCC(Nc2ccnc(F)c2)C1. The van der Waals surface area contributed by atoms with Gasteiger partial charge in [-0.1, -0.05) is 6.42 Å². The summed E-state index contributed by atoms with van der Waals surface area (Å²) in [5.74, 6) is -0.415. The highest BCUT2D eigenvalue weighted by molar-refractivity contribution is 7.99. The van der Waals surface area contributed by atoms with Crippen LogP contribution in [-0.2, 0) is 0 Å². The summed E-state index contributed by atoms with van der Waals surface area (Å²) in [6.45, 7) is 0. The van der Waals surface area contributed by atoms with Gasteiger partial charge in [-0.05, 0) is 31.6 Å². The van der Waals surface area contributed by atoms with Gasteiger partial charge in [0, 0.05) is 29.2 Å². The largest absolute Gasteiger partial charge is 0.382 e. The van der Waals surface area contributed by atoms with Crippen molar-refractivity contribution >= 4 is 17.4 Å². The zero-order valence-corrected chi connectivity index (χ0v) is 10.3. The quantitative estimate of drug-likeness (QED) is 0.820. The Morgan fingerprint density at radius 1 is 1.50 bits per heavy atom. The second-order valence-electron chi connectivity index (χ2n) is 4.23. The molecule has 2 unspecified atom stereocenters. The molecular weight excluding hydrogens is 223 g/mol. The molecule has 1 aliphatic carbocycles. The first-order valence-electron chi connectivity index (χ1n) is 5.69. The van der Waals surface area contributed by atoms with Gasteiger partial charge in [0.25, 0.3) is 0 Å². The van der Waals surface area contributed by atoms with E-state index in [0.717, 1.165) is 10.9 Å². The van der Waals surface area contributed by atoms with Gasteiger partial charge in [0.05, 0.1) is 0 Å². The summed E-state index contributed by atoms with van der Waals surface area (Å²) in [6.07, 6.45) is 8.60. The highest BCUT2D eigenvalue weighted by Crippen LogP contribution is 2.28. The van der Waals surface area contributed by atoms with Crippen LogP contribution in [0.25, 0.3) is 0 Å². The van der Waals surface area contributed by atoms with E-state index < -0.39 is 5.95 Å². The molecule has 88 valence electrons. The fraction of sp³-hybridized carbons (Fsp3) is 0.583. The van der Waals surface area contributed by atoms with Crippen LogP contribution in [0.4, 0.5) is 10.1 Å². The molecule has 1 heterocycles. The number of pyridine rings is 1. The fourth-order valence-electron chi connectivity index (χ4n) is 2.22. The van der Waals surface area contributed by atoms with Crippen LogP contribution in [0.15, 0.2) is 18.3 Å². The molecule has 1 aromatic heterocycles. The van der Waals surface area contributed by atoms with Gasteiger partial charge in [0.15, 0.2) is 0 Å². The van der Waals surface area contributed by atoms with E-state index in [-0.39, 0.29) is 0 Å². The summed E-state index contributed by atoms with van der Waals surface area (Å²) in [5, 5.41) is 4.14. The van der Waals surface area contributed by atoms with E-state index in [9.17, 15) is 4.39 Å². The summed E-state index contributed by atoms with van der Waals surface area (Å²) in [6, 6.07) is 3.77. The van der Waals surface area contributed by atoms with Crippen LogP contribution >= 0.6 is 11.8 Å². The lowest BCUT2D eigenvalue weighted by Crippen LogP contribution is -2.28. The predicted octanol–water partition coefficient (Wildman–Crippen LogP) is 3.31.